The van der Waals surface area contributed by atoms with Gasteiger partial charge < -0.3 is 10.5 Å². The quantitative estimate of drug-likeness (QED) is 0.724. The van der Waals surface area contributed by atoms with Crippen molar-refractivity contribution in [3.63, 3.8) is 0 Å². The Kier molecular flexibility index (Phi) is 2.09. The van der Waals surface area contributed by atoms with Crippen LogP contribution in [0.4, 0.5) is 5.13 Å². The molecule has 2 N–H and O–H groups in total. The van der Waals surface area contributed by atoms with Crippen LogP contribution in [0.2, 0.25) is 0 Å². The van der Waals surface area contributed by atoms with Crippen molar-refractivity contribution < 1.29 is 9.53 Å². The summed E-state index contributed by atoms with van der Waals surface area (Å²) in [5, 5.41) is 0.455. The van der Waals surface area contributed by atoms with E-state index in [1.807, 2.05) is 6.07 Å². The zero-order valence-corrected chi connectivity index (χ0v) is 8.30. The van der Waals surface area contributed by atoms with E-state index in [1.54, 1.807) is 12.1 Å². The number of hydrogen-bond donors (Lipinski definition) is 1. The molecule has 0 aliphatic rings. The number of nitrogens with two attached hydrogens (primary N) is 1. The molecule has 0 bridgehead atoms. The van der Waals surface area contributed by atoms with Crippen LogP contribution in [0.25, 0.3) is 10.2 Å². The molecule has 1 aromatic carbocycles. The predicted molar refractivity (Wildman–Crippen MR) is 55.4 cm³/mol. The van der Waals surface area contributed by atoms with E-state index in [1.165, 1.54) is 18.4 Å². The number of thiazole rings is 1. The van der Waals surface area contributed by atoms with Crippen LogP contribution in [0.15, 0.2) is 18.2 Å². The maximum atomic E-state index is 11.3. The molecule has 0 radical (unpaired) electrons. The van der Waals surface area contributed by atoms with Crippen molar-refractivity contribution in [2.45, 2.75) is 0 Å². The predicted octanol–water partition coefficient (Wildman–Crippen LogP) is 1.67. The Bertz CT molecular complexity index is 493. The molecule has 5 heteroatoms. The number of nitrogens with zero attached hydrogens (tertiary/aromatic N) is 1. The molecule has 72 valence electrons. The van der Waals surface area contributed by atoms with Gasteiger partial charge in [-0.1, -0.05) is 17.4 Å². The van der Waals surface area contributed by atoms with Crippen LogP contribution < -0.4 is 5.73 Å². The third-order valence-electron chi connectivity index (χ3n) is 1.84. The number of rotatable bonds is 1. The number of methoxy groups -OCH3 is 1. The van der Waals surface area contributed by atoms with Gasteiger partial charge in [0.05, 0.1) is 22.9 Å². The number of nitrogen functional groups attached to an aromatic ring is 1. The second-order valence-electron chi connectivity index (χ2n) is 2.70. The molecule has 0 atom stereocenters. The van der Waals surface area contributed by atoms with Crippen molar-refractivity contribution >= 4 is 32.7 Å². The molecule has 0 spiro atoms. The Morgan fingerprint density at radius 1 is 1.57 bits per heavy atom. The van der Waals surface area contributed by atoms with Gasteiger partial charge in [-0.05, 0) is 12.1 Å². The Labute approximate surface area is 84.3 Å². The Balaban J connectivity index is 2.70. The van der Waals surface area contributed by atoms with E-state index in [4.69, 9.17) is 5.73 Å². The van der Waals surface area contributed by atoms with Crippen LogP contribution in [0.5, 0.6) is 0 Å². The van der Waals surface area contributed by atoms with E-state index in [0.29, 0.717) is 16.2 Å². The van der Waals surface area contributed by atoms with Gasteiger partial charge in [0.1, 0.15) is 0 Å². The van der Waals surface area contributed by atoms with Crippen LogP contribution >= 0.6 is 11.3 Å². The lowest BCUT2D eigenvalue weighted by molar-refractivity contribution is 0.0603. The topological polar surface area (TPSA) is 65.2 Å². The van der Waals surface area contributed by atoms with Crippen molar-refractivity contribution in [2.75, 3.05) is 12.8 Å². The molecule has 1 aromatic heterocycles. The molecule has 0 saturated carbocycles. The molecule has 14 heavy (non-hydrogen) atoms. The van der Waals surface area contributed by atoms with Crippen molar-refractivity contribution in [3.8, 4) is 0 Å². The number of ether oxygens (including phenoxy) is 1. The van der Waals surface area contributed by atoms with E-state index in [2.05, 4.69) is 9.72 Å². The SMILES string of the molecule is COC(=O)c1cccc2sc(N)nc12. The van der Waals surface area contributed by atoms with E-state index < -0.39 is 0 Å². The molecular formula is C9H8N2O2S. The van der Waals surface area contributed by atoms with Crippen molar-refractivity contribution in [1.82, 2.24) is 4.98 Å². The van der Waals surface area contributed by atoms with Crippen molar-refractivity contribution in [1.29, 1.82) is 0 Å². The van der Waals surface area contributed by atoms with Gasteiger partial charge in [0.25, 0.3) is 0 Å². The molecule has 2 rings (SSSR count). The van der Waals surface area contributed by atoms with Crippen LogP contribution in [-0.2, 0) is 4.74 Å². The zero-order valence-electron chi connectivity index (χ0n) is 7.48. The van der Waals surface area contributed by atoms with Gasteiger partial charge >= 0.3 is 5.97 Å². The number of carbonyl (C=O) groups excluding carboxylic acids is 1. The zero-order chi connectivity index (χ0) is 10.1. The lowest BCUT2D eigenvalue weighted by Gasteiger charge is -1.98. The summed E-state index contributed by atoms with van der Waals surface area (Å²) in [6, 6.07) is 5.33. The molecule has 2 aromatic rings. The summed E-state index contributed by atoms with van der Waals surface area (Å²) in [5.41, 5.74) is 6.63. The highest BCUT2D eigenvalue weighted by atomic mass is 32.1. The highest BCUT2D eigenvalue weighted by Crippen LogP contribution is 2.26. The number of anilines is 1. The normalized spacial score (nSPS) is 10.4. The number of esters is 1. The molecule has 1 heterocycles. The summed E-state index contributed by atoms with van der Waals surface area (Å²) in [6.07, 6.45) is 0. The molecule has 0 fully saturated rings. The fourth-order valence-corrected chi connectivity index (χ4v) is 2.00. The second-order valence-corrected chi connectivity index (χ2v) is 3.76. The summed E-state index contributed by atoms with van der Waals surface area (Å²) < 4.78 is 5.53. The summed E-state index contributed by atoms with van der Waals surface area (Å²) in [6.45, 7) is 0. The van der Waals surface area contributed by atoms with E-state index in [9.17, 15) is 4.79 Å². The fraction of sp³-hybridized carbons (Fsp3) is 0.111. The number of hydrogen-bond acceptors (Lipinski definition) is 5. The van der Waals surface area contributed by atoms with Crippen LogP contribution in [0, 0.1) is 0 Å². The number of carbonyl (C=O) groups is 1. The molecule has 4 nitrogen and oxygen atoms in total. The number of aromatic nitrogens is 1. The van der Waals surface area contributed by atoms with E-state index in [0.717, 1.165) is 4.70 Å². The van der Waals surface area contributed by atoms with E-state index >= 15 is 0 Å². The molecular weight excluding hydrogens is 200 g/mol. The summed E-state index contributed by atoms with van der Waals surface area (Å²) in [4.78, 5) is 15.4. The minimum absolute atomic E-state index is 0.388. The Morgan fingerprint density at radius 2 is 2.36 bits per heavy atom. The highest BCUT2D eigenvalue weighted by molar-refractivity contribution is 7.22. The molecule has 0 unspecified atom stereocenters. The summed E-state index contributed by atoms with van der Waals surface area (Å²) in [5.74, 6) is -0.388. The van der Waals surface area contributed by atoms with Gasteiger partial charge in [0, 0.05) is 0 Å². The van der Waals surface area contributed by atoms with Crippen LogP contribution in [0.1, 0.15) is 10.4 Å². The summed E-state index contributed by atoms with van der Waals surface area (Å²) >= 11 is 1.35. The first kappa shape index (κ1) is 8.96. The monoisotopic (exact) mass is 208 g/mol. The van der Waals surface area contributed by atoms with Gasteiger partial charge in [0.2, 0.25) is 0 Å². The van der Waals surface area contributed by atoms with Gasteiger partial charge in [-0.25, -0.2) is 9.78 Å². The van der Waals surface area contributed by atoms with Crippen molar-refractivity contribution in [2.24, 2.45) is 0 Å². The van der Waals surface area contributed by atoms with Crippen molar-refractivity contribution in [3.05, 3.63) is 23.8 Å². The number of para-hydroxylation sites is 1. The van der Waals surface area contributed by atoms with Gasteiger partial charge in [-0.3, -0.25) is 0 Å². The number of fused-ring (bicyclic) bond motifs is 1. The molecule has 0 saturated heterocycles. The number of benzene rings is 1. The minimum atomic E-state index is -0.388. The average Bonchev–Trinajstić information content (AvgIpc) is 2.56. The fourth-order valence-electron chi connectivity index (χ4n) is 1.24. The molecule has 0 aliphatic heterocycles. The second kappa shape index (κ2) is 3.26. The largest absolute Gasteiger partial charge is 0.465 e. The molecule has 0 amide bonds. The van der Waals surface area contributed by atoms with Gasteiger partial charge in [-0.2, -0.15) is 0 Å². The van der Waals surface area contributed by atoms with Gasteiger partial charge in [-0.15, -0.1) is 0 Å². The lowest BCUT2D eigenvalue weighted by atomic mass is 10.2. The smallest absolute Gasteiger partial charge is 0.340 e. The van der Waals surface area contributed by atoms with E-state index in [-0.39, 0.29) is 5.97 Å². The first-order valence-corrected chi connectivity index (χ1v) is 4.77. The maximum absolute atomic E-state index is 11.3. The van der Waals surface area contributed by atoms with Gasteiger partial charge in [0.15, 0.2) is 5.13 Å². The van der Waals surface area contributed by atoms with Crippen LogP contribution in [-0.4, -0.2) is 18.1 Å². The standard InChI is InChI=1S/C9H8N2O2S/c1-13-8(12)5-3-2-4-6-7(5)11-9(10)14-6/h2-4H,1H3,(H2,10,11). The van der Waals surface area contributed by atoms with Crippen LogP contribution in [0.3, 0.4) is 0 Å². The Hall–Kier alpha value is -1.62. The third kappa shape index (κ3) is 1.31. The maximum Gasteiger partial charge on any atom is 0.340 e. The lowest BCUT2D eigenvalue weighted by Crippen LogP contribution is -2.01. The minimum Gasteiger partial charge on any atom is -0.465 e. The average molecular weight is 208 g/mol. The first-order chi connectivity index (χ1) is 6.72. The Morgan fingerprint density at radius 3 is 3.07 bits per heavy atom. The molecule has 0 aliphatic carbocycles. The third-order valence-corrected chi connectivity index (χ3v) is 2.69. The highest BCUT2D eigenvalue weighted by Gasteiger charge is 2.12. The summed E-state index contributed by atoms with van der Waals surface area (Å²) in [7, 11) is 1.34. The first-order valence-electron chi connectivity index (χ1n) is 3.95.